The lowest BCUT2D eigenvalue weighted by atomic mass is 10.1. The number of amides is 4. The molecule has 36 heavy (non-hydrogen) atoms. The number of rotatable bonds is 5. The number of hydrogen-bond donors (Lipinski definition) is 1. The number of hydrogen-bond acceptors (Lipinski definition) is 4. The molecule has 0 aromatic heterocycles. The quantitative estimate of drug-likeness (QED) is 0.247. The van der Waals surface area contributed by atoms with Crippen LogP contribution in [0.25, 0.3) is 16.8 Å². The van der Waals surface area contributed by atoms with Crippen molar-refractivity contribution < 1.29 is 23.5 Å². The second-order valence-electron chi connectivity index (χ2n) is 8.09. The van der Waals surface area contributed by atoms with Crippen molar-refractivity contribution >= 4 is 56.3 Å². The number of barbiturate groups is 1. The zero-order valence-electron chi connectivity index (χ0n) is 18.7. The standard InChI is InChI=1S/C28H18BrFN2O4/c29-21-10-11-25(36-16-17-8-9-18-4-1-2-5-19(18)12-17)20(13-21)14-24-26(33)31-28(35)32(27(24)34)23-7-3-6-22(30)15-23/h1-15H,16H2,(H,31,33,35)/b24-14+. The summed E-state index contributed by atoms with van der Waals surface area (Å²) >= 11 is 3.40. The van der Waals surface area contributed by atoms with E-state index in [4.69, 9.17) is 4.74 Å². The lowest BCUT2D eigenvalue weighted by molar-refractivity contribution is -0.122. The Morgan fingerprint density at radius 1 is 0.889 bits per heavy atom. The molecule has 0 unspecified atom stereocenters. The summed E-state index contributed by atoms with van der Waals surface area (Å²) in [5.74, 6) is -1.89. The van der Waals surface area contributed by atoms with Gasteiger partial charge >= 0.3 is 6.03 Å². The van der Waals surface area contributed by atoms with Crippen molar-refractivity contribution in [1.82, 2.24) is 5.32 Å². The van der Waals surface area contributed by atoms with Crippen molar-refractivity contribution in [1.29, 1.82) is 0 Å². The molecule has 178 valence electrons. The Labute approximate surface area is 214 Å². The fourth-order valence-corrected chi connectivity index (χ4v) is 4.29. The number of anilines is 1. The second-order valence-corrected chi connectivity index (χ2v) is 9.01. The predicted octanol–water partition coefficient (Wildman–Crippen LogP) is 5.99. The van der Waals surface area contributed by atoms with Gasteiger partial charge in [-0.05, 0) is 64.9 Å². The molecule has 0 aliphatic carbocycles. The Balaban J connectivity index is 1.46. The van der Waals surface area contributed by atoms with Crippen LogP contribution in [0.4, 0.5) is 14.9 Å². The van der Waals surface area contributed by atoms with Gasteiger partial charge in [0.2, 0.25) is 0 Å². The first-order chi connectivity index (χ1) is 17.4. The van der Waals surface area contributed by atoms with Gasteiger partial charge in [0.05, 0.1) is 5.69 Å². The van der Waals surface area contributed by atoms with Crippen LogP contribution in [0.1, 0.15) is 11.1 Å². The highest BCUT2D eigenvalue weighted by Crippen LogP contribution is 2.29. The molecule has 8 heteroatoms. The van der Waals surface area contributed by atoms with Crippen molar-refractivity contribution in [2.45, 2.75) is 6.61 Å². The molecule has 4 aromatic rings. The third kappa shape index (κ3) is 4.76. The Morgan fingerprint density at radius 3 is 2.50 bits per heavy atom. The molecule has 6 nitrogen and oxygen atoms in total. The van der Waals surface area contributed by atoms with Crippen molar-refractivity contribution in [2.24, 2.45) is 0 Å². The molecule has 0 radical (unpaired) electrons. The molecular weight excluding hydrogens is 527 g/mol. The summed E-state index contributed by atoms with van der Waals surface area (Å²) < 4.78 is 20.5. The van der Waals surface area contributed by atoms with Gasteiger partial charge in [-0.2, -0.15) is 0 Å². The van der Waals surface area contributed by atoms with Gasteiger partial charge in [0, 0.05) is 10.0 Å². The number of urea groups is 1. The van der Waals surface area contributed by atoms with E-state index in [2.05, 4.69) is 21.2 Å². The van der Waals surface area contributed by atoms with Crippen LogP contribution in [0.3, 0.4) is 0 Å². The van der Waals surface area contributed by atoms with E-state index in [0.717, 1.165) is 27.3 Å². The van der Waals surface area contributed by atoms with Crippen molar-refractivity contribution in [3.8, 4) is 5.75 Å². The number of carbonyl (C=O) groups is 3. The average molecular weight is 545 g/mol. The number of ether oxygens (including phenoxy) is 1. The monoisotopic (exact) mass is 544 g/mol. The third-order valence-electron chi connectivity index (χ3n) is 5.65. The van der Waals surface area contributed by atoms with Crippen LogP contribution in [-0.4, -0.2) is 17.8 Å². The van der Waals surface area contributed by atoms with Gasteiger partial charge in [0.25, 0.3) is 11.8 Å². The first-order valence-corrected chi connectivity index (χ1v) is 11.8. The molecule has 0 bridgehead atoms. The molecule has 0 spiro atoms. The van der Waals surface area contributed by atoms with Crippen LogP contribution >= 0.6 is 15.9 Å². The van der Waals surface area contributed by atoms with Gasteiger partial charge in [-0.3, -0.25) is 14.9 Å². The molecule has 1 aliphatic heterocycles. The SMILES string of the molecule is O=C1NC(=O)N(c2cccc(F)c2)C(=O)/C1=C/c1cc(Br)ccc1OCc1ccc2ccccc2c1. The van der Waals surface area contributed by atoms with Gasteiger partial charge in [-0.1, -0.05) is 58.4 Å². The maximum Gasteiger partial charge on any atom is 0.335 e. The molecule has 4 aromatic carbocycles. The Morgan fingerprint density at radius 2 is 1.69 bits per heavy atom. The average Bonchev–Trinajstić information content (AvgIpc) is 2.86. The fourth-order valence-electron chi connectivity index (χ4n) is 3.92. The highest BCUT2D eigenvalue weighted by atomic mass is 79.9. The maximum atomic E-state index is 13.7. The number of carbonyl (C=O) groups excluding carboxylic acids is 3. The summed E-state index contributed by atoms with van der Waals surface area (Å²) in [6.45, 7) is 0.261. The summed E-state index contributed by atoms with van der Waals surface area (Å²) in [5, 5.41) is 4.35. The molecule has 0 saturated carbocycles. The van der Waals surface area contributed by atoms with Crippen LogP contribution in [0.2, 0.25) is 0 Å². The minimum atomic E-state index is -0.949. The molecule has 1 fully saturated rings. The number of nitrogens with one attached hydrogen (secondary N) is 1. The molecule has 1 saturated heterocycles. The van der Waals surface area contributed by atoms with Crippen LogP contribution in [0.5, 0.6) is 5.75 Å². The number of imide groups is 2. The zero-order valence-corrected chi connectivity index (χ0v) is 20.3. The minimum Gasteiger partial charge on any atom is -0.488 e. The Bertz CT molecular complexity index is 1570. The minimum absolute atomic E-state index is 0.0120. The van der Waals surface area contributed by atoms with Crippen LogP contribution < -0.4 is 15.0 Å². The first kappa shape index (κ1) is 23.4. The van der Waals surface area contributed by atoms with Crippen LogP contribution in [0.15, 0.2) is 95.0 Å². The van der Waals surface area contributed by atoms with Crippen molar-refractivity contribution in [3.63, 3.8) is 0 Å². The van der Waals surface area contributed by atoms with E-state index in [9.17, 15) is 18.8 Å². The van der Waals surface area contributed by atoms with Gasteiger partial charge in [0.1, 0.15) is 23.7 Å². The smallest absolute Gasteiger partial charge is 0.335 e. The Hall–Kier alpha value is -4.30. The number of halogens is 2. The van der Waals surface area contributed by atoms with Crippen molar-refractivity contribution in [2.75, 3.05) is 4.90 Å². The van der Waals surface area contributed by atoms with Crippen molar-refractivity contribution in [3.05, 3.63) is 112 Å². The third-order valence-corrected chi connectivity index (χ3v) is 6.14. The second kappa shape index (κ2) is 9.75. The number of fused-ring (bicyclic) bond motifs is 1. The zero-order chi connectivity index (χ0) is 25.2. The topological polar surface area (TPSA) is 75.7 Å². The van der Waals surface area contributed by atoms with Crippen LogP contribution in [-0.2, 0) is 16.2 Å². The Kier molecular flexibility index (Phi) is 6.35. The van der Waals surface area contributed by atoms with E-state index in [1.54, 1.807) is 18.2 Å². The molecule has 1 heterocycles. The van der Waals surface area contributed by atoms with E-state index in [-0.39, 0.29) is 17.9 Å². The lowest BCUT2D eigenvalue weighted by Crippen LogP contribution is -2.54. The maximum absolute atomic E-state index is 13.7. The highest BCUT2D eigenvalue weighted by molar-refractivity contribution is 9.10. The van der Waals surface area contributed by atoms with E-state index in [1.807, 2.05) is 42.5 Å². The summed E-state index contributed by atoms with van der Waals surface area (Å²) in [5.41, 5.74) is 1.13. The fraction of sp³-hybridized carbons (Fsp3) is 0.0357. The predicted molar refractivity (Wildman–Crippen MR) is 138 cm³/mol. The van der Waals surface area contributed by atoms with Crippen LogP contribution in [0, 0.1) is 5.82 Å². The van der Waals surface area contributed by atoms with E-state index >= 15 is 0 Å². The number of nitrogens with zero attached hydrogens (tertiary/aromatic N) is 1. The molecule has 1 N–H and O–H groups in total. The number of benzene rings is 4. The largest absolute Gasteiger partial charge is 0.488 e. The first-order valence-electron chi connectivity index (χ1n) is 11.0. The van der Waals surface area contributed by atoms with Gasteiger partial charge in [-0.25, -0.2) is 14.1 Å². The van der Waals surface area contributed by atoms with Gasteiger partial charge in [0.15, 0.2) is 0 Å². The van der Waals surface area contributed by atoms with E-state index < -0.39 is 23.7 Å². The van der Waals surface area contributed by atoms with Gasteiger partial charge < -0.3 is 4.74 Å². The molecule has 0 atom stereocenters. The normalized spacial score (nSPS) is 14.9. The summed E-state index contributed by atoms with van der Waals surface area (Å²) in [4.78, 5) is 38.9. The summed E-state index contributed by atoms with van der Waals surface area (Å²) in [6.07, 6.45) is 1.36. The van der Waals surface area contributed by atoms with E-state index in [1.165, 1.54) is 24.3 Å². The summed E-state index contributed by atoms with van der Waals surface area (Å²) in [6, 6.07) is 23.3. The van der Waals surface area contributed by atoms with E-state index in [0.29, 0.717) is 15.8 Å². The molecule has 4 amide bonds. The highest BCUT2D eigenvalue weighted by Gasteiger charge is 2.37. The molecular formula is C28H18BrFN2O4. The summed E-state index contributed by atoms with van der Waals surface area (Å²) in [7, 11) is 0. The molecule has 5 rings (SSSR count). The lowest BCUT2D eigenvalue weighted by Gasteiger charge is -2.26. The van der Waals surface area contributed by atoms with Gasteiger partial charge in [-0.15, -0.1) is 0 Å². The molecule has 1 aliphatic rings.